The molecule has 0 atom stereocenters. The monoisotopic (exact) mass is 278 g/mol. The van der Waals surface area contributed by atoms with Crippen LogP contribution >= 0.6 is 11.6 Å². The van der Waals surface area contributed by atoms with E-state index in [1.54, 1.807) is 0 Å². The van der Waals surface area contributed by atoms with Gasteiger partial charge in [-0.1, -0.05) is 36.6 Å². The summed E-state index contributed by atoms with van der Waals surface area (Å²) in [5.41, 5.74) is 1.62. The second-order valence-corrected chi connectivity index (χ2v) is 7.21. The van der Waals surface area contributed by atoms with E-state index in [9.17, 15) is 0 Å². The van der Waals surface area contributed by atoms with Crippen LogP contribution in [0.1, 0.15) is 39.5 Å². The average Bonchev–Trinajstić information content (AvgIpc) is 2.75. The van der Waals surface area contributed by atoms with Gasteiger partial charge in [-0.15, -0.1) is 0 Å². The van der Waals surface area contributed by atoms with E-state index >= 15 is 0 Å². The molecule has 1 aromatic carbocycles. The highest BCUT2D eigenvalue weighted by atomic mass is 35.5. The van der Waals surface area contributed by atoms with Crippen LogP contribution in [0, 0.1) is 0 Å². The van der Waals surface area contributed by atoms with E-state index in [1.807, 2.05) is 12.1 Å². The SMILES string of the molecule is CC1(C)CN(c2ccccc2Cl)CC2(CCCC2)N1. The lowest BCUT2D eigenvalue weighted by Gasteiger charge is -2.51. The summed E-state index contributed by atoms with van der Waals surface area (Å²) in [6.45, 7) is 6.70. The number of hydrogen-bond acceptors (Lipinski definition) is 2. The summed E-state index contributed by atoms with van der Waals surface area (Å²) in [6, 6.07) is 8.22. The van der Waals surface area contributed by atoms with E-state index in [0.717, 1.165) is 18.1 Å². The first-order chi connectivity index (χ1) is 9.00. The van der Waals surface area contributed by atoms with Gasteiger partial charge in [0.2, 0.25) is 0 Å². The van der Waals surface area contributed by atoms with Crippen molar-refractivity contribution in [1.82, 2.24) is 5.32 Å². The van der Waals surface area contributed by atoms with Gasteiger partial charge in [0, 0.05) is 24.2 Å². The van der Waals surface area contributed by atoms with Gasteiger partial charge in [0.1, 0.15) is 0 Å². The van der Waals surface area contributed by atoms with E-state index in [-0.39, 0.29) is 5.54 Å². The Hall–Kier alpha value is -0.730. The van der Waals surface area contributed by atoms with E-state index in [2.05, 4.69) is 36.2 Å². The molecule has 0 aromatic heterocycles. The van der Waals surface area contributed by atoms with Crippen LogP contribution < -0.4 is 10.2 Å². The average molecular weight is 279 g/mol. The van der Waals surface area contributed by atoms with Gasteiger partial charge in [-0.2, -0.15) is 0 Å². The number of nitrogens with one attached hydrogen (secondary N) is 1. The first-order valence-electron chi connectivity index (χ1n) is 7.29. The van der Waals surface area contributed by atoms with Crippen LogP contribution in [0.4, 0.5) is 5.69 Å². The van der Waals surface area contributed by atoms with Crippen molar-refractivity contribution in [2.75, 3.05) is 18.0 Å². The van der Waals surface area contributed by atoms with Crippen LogP contribution in [0.2, 0.25) is 5.02 Å². The van der Waals surface area contributed by atoms with Crippen molar-refractivity contribution in [3.05, 3.63) is 29.3 Å². The molecular formula is C16H23ClN2. The molecular weight excluding hydrogens is 256 g/mol. The van der Waals surface area contributed by atoms with E-state index in [4.69, 9.17) is 11.6 Å². The number of anilines is 1. The molecule has 1 saturated carbocycles. The van der Waals surface area contributed by atoms with Crippen molar-refractivity contribution in [3.63, 3.8) is 0 Å². The summed E-state index contributed by atoms with van der Waals surface area (Å²) in [6.07, 6.45) is 5.27. The number of nitrogens with zero attached hydrogens (tertiary/aromatic N) is 1. The highest BCUT2D eigenvalue weighted by Gasteiger charge is 2.44. The topological polar surface area (TPSA) is 15.3 Å². The molecule has 1 N–H and O–H groups in total. The molecule has 2 aliphatic rings. The Bertz CT molecular complexity index is 464. The molecule has 1 saturated heterocycles. The molecule has 2 fully saturated rings. The summed E-state index contributed by atoms with van der Waals surface area (Å²) in [7, 11) is 0. The minimum atomic E-state index is 0.141. The zero-order valence-corrected chi connectivity index (χ0v) is 12.6. The van der Waals surface area contributed by atoms with Crippen molar-refractivity contribution in [2.24, 2.45) is 0 Å². The summed E-state index contributed by atoms with van der Waals surface area (Å²) in [5, 5.41) is 4.77. The van der Waals surface area contributed by atoms with Crippen LogP contribution in [0.15, 0.2) is 24.3 Å². The number of hydrogen-bond donors (Lipinski definition) is 1. The first kappa shape index (κ1) is 13.3. The third kappa shape index (κ3) is 2.61. The van der Waals surface area contributed by atoms with Gasteiger partial charge in [-0.05, 0) is 38.8 Å². The second kappa shape index (κ2) is 4.68. The van der Waals surface area contributed by atoms with Crippen molar-refractivity contribution in [3.8, 4) is 0 Å². The van der Waals surface area contributed by atoms with Crippen LogP contribution in [-0.2, 0) is 0 Å². The molecule has 0 amide bonds. The number of piperazine rings is 1. The van der Waals surface area contributed by atoms with Crippen LogP contribution in [0.3, 0.4) is 0 Å². The Morgan fingerprint density at radius 1 is 1.11 bits per heavy atom. The number of para-hydroxylation sites is 1. The van der Waals surface area contributed by atoms with Gasteiger partial charge in [-0.25, -0.2) is 0 Å². The van der Waals surface area contributed by atoms with Gasteiger partial charge >= 0.3 is 0 Å². The summed E-state index contributed by atoms with van der Waals surface area (Å²) < 4.78 is 0. The van der Waals surface area contributed by atoms with Crippen LogP contribution in [0.5, 0.6) is 0 Å². The zero-order chi connectivity index (χ0) is 13.5. The molecule has 1 aromatic rings. The summed E-state index contributed by atoms with van der Waals surface area (Å²) in [4.78, 5) is 2.48. The molecule has 2 nitrogen and oxygen atoms in total. The first-order valence-corrected chi connectivity index (χ1v) is 7.66. The van der Waals surface area contributed by atoms with E-state index in [0.29, 0.717) is 5.54 Å². The molecule has 1 aliphatic heterocycles. The number of rotatable bonds is 1. The van der Waals surface area contributed by atoms with Crippen LogP contribution in [-0.4, -0.2) is 24.2 Å². The van der Waals surface area contributed by atoms with Crippen molar-refractivity contribution in [1.29, 1.82) is 0 Å². The number of halogens is 1. The Labute approximate surface area is 121 Å². The molecule has 3 heteroatoms. The second-order valence-electron chi connectivity index (χ2n) is 6.80. The fourth-order valence-corrected chi connectivity index (χ4v) is 4.16. The van der Waals surface area contributed by atoms with Gasteiger partial charge in [0.05, 0.1) is 10.7 Å². The predicted octanol–water partition coefficient (Wildman–Crippen LogP) is 3.84. The third-order valence-corrected chi connectivity index (χ3v) is 4.76. The fourth-order valence-electron chi connectivity index (χ4n) is 3.91. The molecule has 0 unspecified atom stereocenters. The normalized spacial score (nSPS) is 24.9. The number of benzene rings is 1. The van der Waals surface area contributed by atoms with Crippen molar-refractivity contribution >= 4 is 17.3 Å². The minimum Gasteiger partial charge on any atom is -0.367 e. The maximum atomic E-state index is 6.38. The molecule has 0 radical (unpaired) electrons. The predicted molar refractivity (Wildman–Crippen MR) is 82.1 cm³/mol. The van der Waals surface area contributed by atoms with Crippen LogP contribution in [0.25, 0.3) is 0 Å². The minimum absolute atomic E-state index is 0.141. The van der Waals surface area contributed by atoms with Gasteiger partial charge < -0.3 is 10.2 Å². The summed E-state index contributed by atoms with van der Waals surface area (Å²) in [5.74, 6) is 0. The van der Waals surface area contributed by atoms with Gasteiger partial charge in [0.25, 0.3) is 0 Å². The Morgan fingerprint density at radius 2 is 1.79 bits per heavy atom. The van der Waals surface area contributed by atoms with Gasteiger partial charge in [-0.3, -0.25) is 0 Å². The van der Waals surface area contributed by atoms with E-state index < -0.39 is 0 Å². The molecule has 3 rings (SSSR count). The Balaban J connectivity index is 1.91. The Kier molecular flexibility index (Phi) is 3.26. The third-order valence-electron chi connectivity index (χ3n) is 4.44. The molecule has 19 heavy (non-hydrogen) atoms. The lowest BCUT2D eigenvalue weighted by atomic mass is 9.87. The summed E-state index contributed by atoms with van der Waals surface area (Å²) >= 11 is 6.38. The fraction of sp³-hybridized carbons (Fsp3) is 0.625. The largest absolute Gasteiger partial charge is 0.367 e. The zero-order valence-electron chi connectivity index (χ0n) is 11.9. The molecule has 0 bridgehead atoms. The molecule has 1 spiro atoms. The molecule has 1 heterocycles. The van der Waals surface area contributed by atoms with Gasteiger partial charge in [0.15, 0.2) is 0 Å². The lowest BCUT2D eigenvalue weighted by molar-refractivity contribution is 0.197. The maximum absolute atomic E-state index is 6.38. The standard InChI is InChI=1S/C16H23ClN2/c1-15(2)11-19(14-8-4-3-7-13(14)17)12-16(18-15)9-5-6-10-16/h3-4,7-8,18H,5-6,9-12H2,1-2H3. The smallest absolute Gasteiger partial charge is 0.0639 e. The lowest BCUT2D eigenvalue weighted by Crippen LogP contribution is -2.68. The quantitative estimate of drug-likeness (QED) is 0.840. The Morgan fingerprint density at radius 3 is 2.47 bits per heavy atom. The molecule has 1 aliphatic carbocycles. The molecule has 104 valence electrons. The highest BCUT2D eigenvalue weighted by molar-refractivity contribution is 6.33. The van der Waals surface area contributed by atoms with Crippen molar-refractivity contribution < 1.29 is 0 Å². The van der Waals surface area contributed by atoms with Crippen molar-refractivity contribution in [2.45, 2.75) is 50.6 Å². The highest BCUT2D eigenvalue weighted by Crippen LogP contribution is 2.38. The maximum Gasteiger partial charge on any atom is 0.0639 e. The van der Waals surface area contributed by atoms with E-state index in [1.165, 1.54) is 31.4 Å².